The van der Waals surface area contributed by atoms with Gasteiger partial charge in [-0.25, -0.2) is 4.98 Å². The monoisotopic (exact) mass is 322 g/mol. The second-order valence-electron chi connectivity index (χ2n) is 4.10. The highest BCUT2D eigenvalue weighted by atomic mass is 79.9. The maximum atomic E-state index is 11.9. The van der Waals surface area contributed by atoms with E-state index in [-0.39, 0.29) is 12.5 Å². The molecule has 0 aliphatic heterocycles. The molecule has 100 valence electrons. The Labute approximate surface area is 120 Å². The summed E-state index contributed by atoms with van der Waals surface area (Å²) in [5.74, 6) is -0.0830. The Bertz CT molecular complexity index is 567. The predicted octanol–water partition coefficient (Wildman–Crippen LogP) is 2.00. The molecule has 0 fully saturated rings. The summed E-state index contributed by atoms with van der Waals surface area (Å²) < 4.78 is 2.63. The second-order valence-corrected chi connectivity index (χ2v) is 4.95. The molecule has 1 aromatic carbocycles. The van der Waals surface area contributed by atoms with Crippen LogP contribution in [0.2, 0.25) is 0 Å². The number of amides is 1. The highest BCUT2D eigenvalue weighted by Crippen LogP contribution is 2.21. The van der Waals surface area contributed by atoms with E-state index in [4.69, 9.17) is 0 Å². The highest BCUT2D eigenvalue weighted by molar-refractivity contribution is 9.10. The van der Waals surface area contributed by atoms with Gasteiger partial charge in [0.15, 0.2) is 0 Å². The topological polar surface area (TPSA) is 59.0 Å². The smallest absolute Gasteiger partial charge is 0.244 e. The molecule has 1 aromatic heterocycles. The van der Waals surface area contributed by atoms with Crippen LogP contribution >= 0.6 is 15.9 Å². The maximum Gasteiger partial charge on any atom is 0.244 e. The number of hydrogen-bond acceptors (Lipinski definition) is 3. The molecule has 1 amide bonds. The normalized spacial score (nSPS) is 10.4. The molecule has 0 radical (unpaired) electrons. The third-order valence-electron chi connectivity index (χ3n) is 2.52. The summed E-state index contributed by atoms with van der Waals surface area (Å²) >= 11 is 3.39. The van der Waals surface area contributed by atoms with E-state index in [0.717, 1.165) is 15.9 Å². The van der Waals surface area contributed by atoms with E-state index in [9.17, 15) is 4.79 Å². The maximum absolute atomic E-state index is 11.9. The number of hydrogen-bond donors (Lipinski definition) is 2. The van der Waals surface area contributed by atoms with Crippen molar-refractivity contribution >= 4 is 27.5 Å². The number of rotatable bonds is 5. The minimum absolute atomic E-state index is 0.0830. The lowest BCUT2D eigenvalue weighted by Crippen LogP contribution is -2.18. The lowest BCUT2D eigenvalue weighted by atomic mass is 10.3. The van der Waals surface area contributed by atoms with E-state index in [1.54, 1.807) is 10.9 Å². The number of carbonyl (C=O) groups excluding carboxylic acids is 1. The van der Waals surface area contributed by atoms with Gasteiger partial charge in [-0.05, 0) is 35.1 Å². The molecule has 5 nitrogen and oxygen atoms in total. The van der Waals surface area contributed by atoms with E-state index >= 15 is 0 Å². The number of carbonyl (C=O) groups is 1. The van der Waals surface area contributed by atoms with Crippen LogP contribution in [0.3, 0.4) is 0 Å². The van der Waals surface area contributed by atoms with Crippen LogP contribution < -0.4 is 10.6 Å². The number of benzene rings is 1. The molecule has 0 saturated carbocycles. The van der Waals surface area contributed by atoms with Gasteiger partial charge < -0.3 is 15.2 Å². The first kappa shape index (κ1) is 13.8. The Morgan fingerprint density at radius 3 is 2.95 bits per heavy atom. The number of imidazole rings is 1. The van der Waals surface area contributed by atoms with Crippen LogP contribution in [0, 0.1) is 0 Å². The van der Waals surface area contributed by atoms with Gasteiger partial charge in [0.25, 0.3) is 0 Å². The molecular weight excluding hydrogens is 308 g/mol. The van der Waals surface area contributed by atoms with Crippen LogP contribution in [-0.4, -0.2) is 22.5 Å². The van der Waals surface area contributed by atoms with Crippen molar-refractivity contribution in [2.45, 2.75) is 13.1 Å². The van der Waals surface area contributed by atoms with Crippen LogP contribution in [0.1, 0.15) is 5.69 Å². The predicted molar refractivity (Wildman–Crippen MR) is 77.8 cm³/mol. The first-order valence-electron chi connectivity index (χ1n) is 5.88. The lowest BCUT2D eigenvalue weighted by Gasteiger charge is -2.07. The van der Waals surface area contributed by atoms with Crippen molar-refractivity contribution in [3.8, 4) is 0 Å². The lowest BCUT2D eigenvalue weighted by molar-refractivity contribution is -0.116. The Kier molecular flexibility index (Phi) is 4.70. The Morgan fingerprint density at radius 2 is 2.21 bits per heavy atom. The number of nitrogens with zero attached hydrogens (tertiary/aromatic N) is 2. The Morgan fingerprint density at radius 1 is 1.42 bits per heavy atom. The van der Waals surface area contributed by atoms with Crippen LogP contribution in [0.15, 0.2) is 41.3 Å². The van der Waals surface area contributed by atoms with E-state index < -0.39 is 0 Å². The summed E-state index contributed by atoms with van der Waals surface area (Å²) in [5, 5.41) is 5.87. The van der Waals surface area contributed by atoms with Crippen molar-refractivity contribution in [1.29, 1.82) is 0 Å². The van der Waals surface area contributed by atoms with Crippen molar-refractivity contribution in [2.75, 3.05) is 12.4 Å². The summed E-state index contributed by atoms with van der Waals surface area (Å²) in [6, 6.07) is 7.52. The molecule has 19 heavy (non-hydrogen) atoms. The third-order valence-corrected chi connectivity index (χ3v) is 3.21. The Balaban J connectivity index is 1.95. The minimum atomic E-state index is -0.0830. The summed E-state index contributed by atoms with van der Waals surface area (Å²) in [5.41, 5.74) is 1.68. The SMILES string of the molecule is CNCc1cn(CC(=O)Nc2ccccc2Br)cn1. The first-order chi connectivity index (χ1) is 9.19. The molecule has 1 heterocycles. The third kappa shape index (κ3) is 3.90. The number of nitrogens with one attached hydrogen (secondary N) is 2. The number of para-hydroxylation sites is 1. The molecule has 0 bridgehead atoms. The van der Waals surface area contributed by atoms with Gasteiger partial charge in [0.1, 0.15) is 6.54 Å². The van der Waals surface area contributed by atoms with Gasteiger partial charge in [-0.1, -0.05) is 12.1 Å². The zero-order valence-electron chi connectivity index (χ0n) is 10.6. The van der Waals surface area contributed by atoms with Crippen molar-refractivity contribution < 1.29 is 4.79 Å². The molecule has 6 heteroatoms. The van der Waals surface area contributed by atoms with Gasteiger partial charge in [-0.3, -0.25) is 4.79 Å². The average Bonchev–Trinajstić information content (AvgIpc) is 2.80. The Hall–Kier alpha value is -1.66. The average molecular weight is 323 g/mol. The van der Waals surface area contributed by atoms with Crippen LogP contribution in [0.4, 0.5) is 5.69 Å². The molecule has 2 N–H and O–H groups in total. The molecule has 0 saturated heterocycles. The summed E-state index contributed by atoms with van der Waals surface area (Å²) in [6.07, 6.45) is 3.52. The van der Waals surface area contributed by atoms with Gasteiger partial charge in [-0.2, -0.15) is 0 Å². The van der Waals surface area contributed by atoms with Gasteiger partial charge >= 0.3 is 0 Å². The first-order valence-corrected chi connectivity index (χ1v) is 6.68. The standard InChI is InChI=1S/C13H15BrN4O/c1-15-6-10-7-18(9-16-10)8-13(19)17-12-5-3-2-4-11(12)14/h2-5,7,9,15H,6,8H2,1H3,(H,17,19). The van der Waals surface area contributed by atoms with E-state index in [2.05, 4.69) is 31.5 Å². The molecule has 0 spiro atoms. The fraction of sp³-hybridized carbons (Fsp3) is 0.231. The van der Waals surface area contributed by atoms with Crippen molar-refractivity contribution in [1.82, 2.24) is 14.9 Å². The largest absolute Gasteiger partial charge is 0.328 e. The van der Waals surface area contributed by atoms with Crippen LogP contribution in [0.5, 0.6) is 0 Å². The fourth-order valence-electron chi connectivity index (χ4n) is 1.68. The van der Waals surface area contributed by atoms with Crippen LogP contribution in [-0.2, 0) is 17.9 Å². The molecule has 0 atom stereocenters. The molecule has 2 rings (SSSR count). The van der Waals surface area contributed by atoms with Crippen molar-refractivity contribution in [2.24, 2.45) is 0 Å². The summed E-state index contributed by atoms with van der Waals surface area (Å²) in [6.45, 7) is 0.941. The molecule has 0 aliphatic carbocycles. The van der Waals surface area contributed by atoms with E-state index in [0.29, 0.717) is 6.54 Å². The van der Waals surface area contributed by atoms with Gasteiger partial charge in [0.2, 0.25) is 5.91 Å². The zero-order chi connectivity index (χ0) is 13.7. The quantitative estimate of drug-likeness (QED) is 0.885. The number of halogens is 1. The van der Waals surface area contributed by atoms with Crippen molar-refractivity contribution in [3.63, 3.8) is 0 Å². The molecule has 2 aromatic rings. The van der Waals surface area contributed by atoms with Crippen LogP contribution in [0.25, 0.3) is 0 Å². The van der Waals surface area contributed by atoms with Gasteiger partial charge in [-0.15, -0.1) is 0 Å². The van der Waals surface area contributed by atoms with E-state index in [1.807, 2.05) is 37.5 Å². The van der Waals surface area contributed by atoms with Gasteiger partial charge in [0, 0.05) is 17.2 Å². The summed E-state index contributed by atoms with van der Waals surface area (Å²) in [4.78, 5) is 16.1. The molecule has 0 aliphatic rings. The zero-order valence-corrected chi connectivity index (χ0v) is 12.1. The highest BCUT2D eigenvalue weighted by Gasteiger charge is 2.06. The second kappa shape index (κ2) is 6.49. The molecular formula is C13H15BrN4O. The van der Waals surface area contributed by atoms with Crippen molar-refractivity contribution in [3.05, 3.63) is 47.0 Å². The van der Waals surface area contributed by atoms with Gasteiger partial charge in [0.05, 0.1) is 17.7 Å². The minimum Gasteiger partial charge on any atom is -0.328 e. The number of aromatic nitrogens is 2. The number of anilines is 1. The fourth-order valence-corrected chi connectivity index (χ4v) is 2.07. The molecule has 0 unspecified atom stereocenters. The summed E-state index contributed by atoms with van der Waals surface area (Å²) in [7, 11) is 1.86. The van der Waals surface area contributed by atoms with E-state index in [1.165, 1.54) is 0 Å².